The third kappa shape index (κ3) is 5.13. The van der Waals surface area contributed by atoms with Gasteiger partial charge in [0.15, 0.2) is 0 Å². The zero-order valence-electron chi connectivity index (χ0n) is 16.5. The SMILES string of the molecule is COC(=O)[C@H](Cc1ccc2c(c1)C(C)(C)CCO2)NC(=O)OC(C)(C)C. The minimum atomic E-state index is -0.819. The van der Waals surface area contributed by atoms with E-state index in [2.05, 4.69) is 19.2 Å². The number of carbonyl (C=O) groups is 2. The first-order valence-corrected chi connectivity index (χ1v) is 8.85. The molecule has 0 aliphatic carbocycles. The van der Waals surface area contributed by atoms with Crippen molar-refractivity contribution in [2.45, 2.75) is 64.5 Å². The Balaban J connectivity index is 2.18. The molecule has 6 heteroatoms. The number of nitrogens with one attached hydrogen (secondary N) is 1. The van der Waals surface area contributed by atoms with Crippen LogP contribution in [0.15, 0.2) is 18.2 Å². The van der Waals surface area contributed by atoms with Gasteiger partial charge < -0.3 is 19.5 Å². The molecule has 1 heterocycles. The molecule has 144 valence electrons. The van der Waals surface area contributed by atoms with Crippen molar-refractivity contribution in [2.75, 3.05) is 13.7 Å². The van der Waals surface area contributed by atoms with E-state index >= 15 is 0 Å². The Bertz CT molecular complexity index is 675. The lowest BCUT2D eigenvalue weighted by atomic mass is 9.79. The van der Waals surface area contributed by atoms with Gasteiger partial charge in [-0.1, -0.05) is 26.0 Å². The molecule has 0 aromatic heterocycles. The molecule has 1 aromatic rings. The summed E-state index contributed by atoms with van der Waals surface area (Å²) in [4.78, 5) is 24.2. The van der Waals surface area contributed by atoms with E-state index in [-0.39, 0.29) is 5.41 Å². The molecule has 1 amide bonds. The molecule has 6 nitrogen and oxygen atoms in total. The van der Waals surface area contributed by atoms with Gasteiger partial charge >= 0.3 is 12.1 Å². The lowest BCUT2D eigenvalue weighted by Gasteiger charge is -2.33. The topological polar surface area (TPSA) is 73.9 Å². The number of rotatable bonds is 4. The predicted molar refractivity (Wildman–Crippen MR) is 98.5 cm³/mol. The molecule has 1 atom stereocenters. The molecular formula is C20H29NO5. The normalized spacial score (nSPS) is 16.7. The standard InChI is InChI=1S/C20H29NO5/c1-19(2,3)26-18(23)21-15(17(22)24-6)12-13-7-8-16-14(11-13)20(4,5)9-10-25-16/h7-8,11,15H,9-10,12H2,1-6H3,(H,21,23)/t15-/m0/s1. The maximum absolute atomic E-state index is 12.1. The molecule has 26 heavy (non-hydrogen) atoms. The van der Waals surface area contributed by atoms with Crippen molar-refractivity contribution in [1.29, 1.82) is 0 Å². The third-order valence-electron chi connectivity index (χ3n) is 4.37. The van der Waals surface area contributed by atoms with Gasteiger partial charge in [0.05, 0.1) is 13.7 Å². The molecule has 0 spiro atoms. The molecule has 1 aromatic carbocycles. The van der Waals surface area contributed by atoms with E-state index in [1.54, 1.807) is 20.8 Å². The number of methoxy groups -OCH3 is 1. The number of carbonyl (C=O) groups excluding carboxylic acids is 2. The molecule has 0 unspecified atom stereocenters. The maximum Gasteiger partial charge on any atom is 0.408 e. The zero-order valence-corrected chi connectivity index (χ0v) is 16.5. The molecular weight excluding hydrogens is 334 g/mol. The number of hydrogen-bond donors (Lipinski definition) is 1. The van der Waals surface area contributed by atoms with Crippen LogP contribution in [0.4, 0.5) is 4.79 Å². The highest BCUT2D eigenvalue weighted by Gasteiger charge is 2.30. The summed E-state index contributed by atoms with van der Waals surface area (Å²) in [6, 6.07) is 5.06. The van der Waals surface area contributed by atoms with E-state index in [4.69, 9.17) is 14.2 Å². The summed E-state index contributed by atoms with van der Waals surface area (Å²) >= 11 is 0. The first kappa shape index (κ1) is 20.1. The Morgan fingerprint density at radius 3 is 2.62 bits per heavy atom. The predicted octanol–water partition coefficient (Wildman–Crippen LogP) is 3.36. The van der Waals surface area contributed by atoms with Crippen LogP contribution in [0.2, 0.25) is 0 Å². The molecule has 0 saturated carbocycles. The molecule has 1 N–H and O–H groups in total. The van der Waals surface area contributed by atoms with Gasteiger partial charge in [0.25, 0.3) is 0 Å². The summed E-state index contributed by atoms with van der Waals surface area (Å²) in [6.45, 7) is 10.4. The highest BCUT2D eigenvalue weighted by molar-refractivity contribution is 5.81. The molecule has 0 radical (unpaired) electrons. The van der Waals surface area contributed by atoms with Crippen LogP contribution in [0.1, 0.15) is 52.2 Å². The van der Waals surface area contributed by atoms with Gasteiger partial charge in [0.1, 0.15) is 17.4 Å². The Hall–Kier alpha value is -2.24. The van der Waals surface area contributed by atoms with Crippen LogP contribution in [-0.2, 0) is 26.1 Å². The monoisotopic (exact) mass is 363 g/mol. The van der Waals surface area contributed by atoms with Crippen LogP contribution in [0.5, 0.6) is 5.75 Å². The number of fused-ring (bicyclic) bond motifs is 1. The van der Waals surface area contributed by atoms with Gasteiger partial charge in [-0.15, -0.1) is 0 Å². The second-order valence-electron chi connectivity index (χ2n) is 8.24. The summed E-state index contributed by atoms with van der Waals surface area (Å²) < 4.78 is 15.8. The van der Waals surface area contributed by atoms with Crippen LogP contribution in [0.25, 0.3) is 0 Å². The van der Waals surface area contributed by atoms with Gasteiger partial charge in [-0.2, -0.15) is 0 Å². The average Bonchev–Trinajstić information content (AvgIpc) is 2.52. The van der Waals surface area contributed by atoms with Gasteiger partial charge in [0, 0.05) is 12.0 Å². The van der Waals surface area contributed by atoms with Crippen molar-refractivity contribution in [3.63, 3.8) is 0 Å². The van der Waals surface area contributed by atoms with E-state index in [0.717, 1.165) is 23.3 Å². The fourth-order valence-corrected chi connectivity index (χ4v) is 2.93. The van der Waals surface area contributed by atoms with Crippen molar-refractivity contribution in [3.05, 3.63) is 29.3 Å². The van der Waals surface area contributed by atoms with E-state index < -0.39 is 23.7 Å². The molecule has 1 aliphatic rings. The number of amides is 1. The summed E-state index contributed by atoms with van der Waals surface area (Å²) in [7, 11) is 1.30. The summed E-state index contributed by atoms with van der Waals surface area (Å²) in [5.41, 5.74) is 1.40. The van der Waals surface area contributed by atoms with Crippen molar-refractivity contribution in [3.8, 4) is 5.75 Å². The molecule has 2 rings (SSSR count). The van der Waals surface area contributed by atoms with Crippen LogP contribution in [0.3, 0.4) is 0 Å². The van der Waals surface area contributed by atoms with Crippen LogP contribution in [-0.4, -0.2) is 37.4 Å². The van der Waals surface area contributed by atoms with Gasteiger partial charge in [-0.3, -0.25) is 0 Å². The second-order valence-corrected chi connectivity index (χ2v) is 8.24. The van der Waals surface area contributed by atoms with Crippen molar-refractivity contribution in [1.82, 2.24) is 5.32 Å². The summed E-state index contributed by atoms with van der Waals surface area (Å²) in [5.74, 6) is 0.365. The maximum atomic E-state index is 12.1. The van der Waals surface area contributed by atoms with E-state index in [0.29, 0.717) is 13.0 Å². The largest absolute Gasteiger partial charge is 0.493 e. The Labute approximate surface area is 155 Å². The van der Waals surface area contributed by atoms with Crippen LogP contribution in [0, 0.1) is 0 Å². The summed E-state index contributed by atoms with van der Waals surface area (Å²) in [6.07, 6.45) is 0.601. The Morgan fingerprint density at radius 2 is 2.00 bits per heavy atom. The quantitative estimate of drug-likeness (QED) is 0.831. The average molecular weight is 363 g/mol. The van der Waals surface area contributed by atoms with Crippen molar-refractivity contribution < 1.29 is 23.8 Å². The second kappa shape index (κ2) is 7.56. The Morgan fingerprint density at radius 1 is 1.31 bits per heavy atom. The highest BCUT2D eigenvalue weighted by Crippen LogP contribution is 2.38. The third-order valence-corrected chi connectivity index (χ3v) is 4.37. The lowest BCUT2D eigenvalue weighted by Crippen LogP contribution is -2.45. The number of esters is 1. The number of ether oxygens (including phenoxy) is 3. The minimum Gasteiger partial charge on any atom is -0.493 e. The van der Waals surface area contributed by atoms with Crippen molar-refractivity contribution >= 4 is 12.1 Å². The summed E-state index contributed by atoms with van der Waals surface area (Å²) in [5, 5.41) is 2.61. The fourth-order valence-electron chi connectivity index (χ4n) is 2.93. The van der Waals surface area contributed by atoms with E-state index in [9.17, 15) is 9.59 Å². The first-order valence-electron chi connectivity index (χ1n) is 8.85. The molecule has 0 bridgehead atoms. The molecule has 1 aliphatic heterocycles. The van der Waals surface area contributed by atoms with Crippen LogP contribution >= 0.6 is 0 Å². The van der Waals surface area contributed by atoms with E-state index in [1.807, 2.05) is 18.2 Å². The smallest absolute Gasteiger partial charge is 0.408 e. The van der Waals surface area contributed by atoms with Gasteiger partial charge in [-0.05, 0) is 44.2 Å². The molecule has 0 fully saturated rings. The molecule has 0 saturated heterocycles. The first-order chi connectivity index (χ1) is 12.0. The lowest BCUT2D eigenvalue weighted by molar-refractivity contribution is -0.143. The highest BCUT2D eigenvalue weighted by atomic mass is 16.6. The zero-order chi connectivity index (χ0) is 19.5. The Kier molecular flexibility index (Phi) is 5.84. The number of hydrogen-bond acceptors (Lipinski definition) is 5. The van der Waals surface area contributed by atoms with E-state index in [1.165, 1.54) is 7.11 Å². The fraction of sp³-hybridized carbons (Fsp3) is 0.600. The van der Waals surface area contributed by atoms with Crippen LogP contribution < -0.4 is 10.1 Å². The number of alkyl carbamates (subject to hydrolysis) is 1. The minimum absolute atomic E-state index is 0.00293. The van der Waals surface area contributed by atoms with Gasteiger partial charge in [-0.25, -0.2) is 9.59 Å². The van der Waals surface area contributed by atoms with Crippen molar-refractivity contribution in [2.24, 2.45) is 0 Å². The van der Waals surface area contributed by atoms with Gasteiger partial charge in [0.2, 0.25) is 0 Å². The number of benzene rings is 1.